The Bertz CT molecular complexity index is 708. The molecule has 1 aromatic rings. The van der Waals surface area contributed by atoms with Gasteiger partial charge in [0.15, 0.2) is 12.4 Å². The first-order valence-corrected chi connectivity index (χ1v) is 10.8. The number of aromatic amines is 1. The zero-order valence-corrected chi connectivity index (χ0v) is 14.2. The highest BCUT2D eigenvalue weighted by atomic mass is 28.3. The van der Waals surface area contributed by atoms with Gasteiger partial charge in [-0.3, -0.25) is 14.3 Å². The van der Waals surface area contributed by atoms with Crippen molar-refractivity contribution in [3.8, 4) is 0 Å². The average Bonchev–Trinajstić information content (AvgIpc) is 2.73. The molecule has 1 aromatic heterocycles. The van der Waals surface area contributed by atoms with Gasteiger partial charge in [0.25, 0.3) is 5.56 Å². The first kappa shape index (κ1) is 17.8. The van der Waals surface area contributed by atoms with E-state index >= 15 is 0 Å². The van der Waals surface area contributed by atoms with Gasteiger partial charge in [-0.1, -0.05) is 31.4 Å². The topological polar surface area (TPSA) is 105 Å². The third kappa shape index (κ3) is 3.86. The Morgan fingerprint density at radius 1 is 1.43 bits per heavy atom. The average molecular weight is 344 g/mol. The predicted octanol–water partition coefficient (Wildman–Crippen LogP) is 0.0159. The van der Waals surface area contributed by atoms with Crippen LogP contribution in [0.5, 0.6) is 0 Å². The minimum atomic E-state index is -1.88. The monoisotopic (exact) mass is 344 g/mol. The molecule has 0 saturated carbocycles. The maximum absolute atomic E-state index is 14.1. The molecule has 0 amide bonds. The first-order chi connectivity index (χ1) is 10.6. The van der Waals surface area contributed by atoms with E-state index in [2.05, 4.69) is 24.6 Å². The predicted molar refractivity (Wildman–Crippen MR) is 85.6 cm³/mol. The van der Waals surface area contributed by atoms with Gasteiger partial charge in [-0.15, -0.1) is 0 Å². The van der Waals surface area contributed by atoms with Crippen LogP contribution in [0.25, 0.3) is 6.08 Å². The molecule has 3 N–H and O–H groups in total. The summed E-state index contributed by atoms with van der Waals surface area (Å²) in [6.07, 6.45) is -3.13. The van der Waals surface area contributed by atoms with Crippen molar-refractivity contribution in [2.45, 2.75) is 44.2 Å². The molecule has 4 unspecified atom stereocenters. The van der Waals surface area contributed by atoms with Crippen LogP contribution >= 0.6 is 0 Å². The van der Waals surface area contributed by atoms with Crippen LogP contribution in [0, 0.1) is 0 Å². The van der Waals surface area contributed by atoms with E-state index in [9.17, 15) is 19.1 Å². The van der Waals surface area contributed by atoms with Crippen molar-refractivity contribution >= 4 is 14.1 Å². The zero-order valence-electron chi connectivity index (χ0n) is 13.2. The fourth-order valence-corrected chi connectivity index (χ4v) is 2.91. The molecule has 0 radical (unpaired) electrons. The van der Waals surface area contributed by atoms with Crippen LogP contribution in [-0.4, -0.2) is 52.8 Å². The lowest BCUT2D eigenvalue weighted by atomic mass is 10.1. The Labute approximate surface area is 133 Å². The van der Waals surface area contributed by atoms with Crippen molar-refractivity contribution in [1.29, 1.82) is 0 Å². The number of nitrogens with one attached hydrogen (secondary N) is 1. The maximum atomic E-state index is 14.1. The third-order valence-electron chi connectivity index (χ3n) is 3.51. The normalized spacial score (nSPS) is 28.6. The Morgan fingerprint density at radius 3 is 2.61 bits per heavy atom. The molecule has 2 heterocycles. The van der Waals surface area contributed by atoms with Gasteiger partial charge in [-0.25, -0.2) is 9.18 Å². The number of alkyl halides is 1. The molecular weight excluding hydrogens is 323 g/mol. The Hall–Kier alpha value is -1.55. The van der Waals surface area contributed by atoms with E-state index in [4.69, 9.17) is 9.84 Å². The lowest BCUT2D eigenvalue weighted by Gasteiger charge is -2.16. The summed E-state index contributed by atoms with van der Waals surface area (Å²) in [4.78, 5) is 25.9. The Kier molecular flexibility index (Phi) is 5.04. The fourth-order valence-electron chi connectivity index (χ4n) is 2.23. The number of H-pyrrole nitrogens is 1. The molecule has 7 nitrogen and oxygen atoms in total. The molecule has 0 spiro atoms. The summed E-state index contributed by atoms with van der Waals surface area (Å²) in [6.45, 7) is 5.66. The number of aliphatic hydroxyl groups is 2. The molecule has 0 aromatic carbocycles. The first-order valence-electron chi connectivity index (χ1n) is 7.27. The van der Waals surface area contributed by atoms with E-state index in [1.54, 1.807) is 6.08 Å². The largest absolute Gasteiger partial charge is 0.394 e. The summed E-state index contributed by atoms with van der Waals surface area (Å²) in [5.74, 6) is 0. The van der Waals surface area contributed by atoms with Crippen molar-refractivity contribution in [3.05, 3.63) is 38.3 Å². The molecule has 1 aliphatic rings. The zero-order chi connectivity index (χ0) is 17.4. The molecule has 9 heteroatoms. The highest BCUT2D eigenvalue weighted by Gasteiger charge is 2.45. The van der Waals surface area contributed by atoms with E-state index in [1.807, 2.05) is 5.70 Å². The summed E-state index contributed by atoms with van der Waals surface area (Å²) in [6, 6.07) is 0. The number of aliphatic hydroxyl groups excluding tert-OH is 2. The molecule has 0 bridgehead atoms. The fraction of sp³-hybridized carbons (Fsp3) is 0.571. The summed E-state index contributed by atoms with van der Waals surface area (Å²) in [5.41, 5.74) is 0.706. The van der Waals surface area contributed by atoms with Crippen LogP contribution in [0.15, 0.2) is 21.5 Å². The molecular formula is C14H21FN2O5Si. The van der Waals surface area contributed by atoms with E-state index in [1.165, 1.54) is 6.20 Å². The number of nitrogens with zero attached hydrogens (tertiary/aromatic N) is 1. The van der Waals surface area contributed by atoms with Gasteiger partial charge in [-0.05, 0) is 0 Å². The van der Waals surface area contributed by atoms with E-state index in [0.29, 0.717) is 0 Å². The summed E-state index contributed by atoms with van der Waals surface area (Å²) >= 11 is 0. The molecule has 128 valence electrons. The van der Waals surface area contributed by atoms with Gasteiger partial charge in [0.05, 0.1) is 20.2 Å². The number of ether oxygens (including phenoxy) is 1. The second-order valence-corrected chi connectivity index (χ2v) is 11.7. The van der Waals surface area contributed by atoms with E-state index in [-0.39, 0.29) is 5.56 Å². The molecule has 2 rings (SSSR count). The van der Waals surface area contributed by atoms with Crippen LogP contribution in [0.4, 0.5) is 4.39 Å². The Balaban J connectivity index is 2.42. The van der Waals surface area contributed by atoms with Crippen LogP contribution in [0.2, 0.25) is 19.6 Å². The van der Waals surface area contributed by atoms with Crippen molar-refractivity contribution in [2.75, 3.05) is 6.61 Å². The number of hydrogen-bond acceptors (Lipinski definition) is 5. The number of rotatable bonds is 4. The minimum absolute atomic E-state index is 0.199. The van der Waals surface area contributed by atoms with E-state index < -0.39 is 50.5 Å². The smallest absolute Gasteiger partial charge is 0.330 e. The summed E-state index contributed by atoms with van der Waals surface area (Å²) < 4.78 is 20.2. The SMILES string of the molecule is C[Si](C)(C)C=Cc1cn(C2OC(CO)C(O)C2F)c(=O)[nH]c1=O. The van der Waals surface area contributed by atoms with Crippen molar-refractivity contribution in [3.63, 3.8) is 0 Å². The summed E-state index contributed by atoms with van der Waals surface area (Å²) in [7, 11) is -1.57. The Morgan fingerprint density at radius 2 is 2.09 bits per heavy atom. The lowest BCUT2D eigenvalue weighted by Crippen LogP contribution is -2.37. The van der Waals surface area contributed by atoms with Crippen molar-refractivity contribution in [2.24, 2.45) is 0 Å². The van der Waals surface area contributed by atoms with Gasteiger partial charge in [0, 0.05) is 6.20 Å². The minimum Gasteiger partial charge on any atom is -0.394 e. The van der Waals surface area contributed by atoms with Gasteiger partial charge in [0.1, 0.15) is 12.2 Å². The van der Waals surface area contributed by atoms with Crippen LogP contribution in [0.3, 0.4) is 0 Å². The third-order valence-corrected chi connectivity index (χ3v) is 4.67. The highest BCUT2D eigenvalue weighted by Crippen LogP contribution is 2.30. The molecule has 1 fully saturated rings. The lowest BCUT2D eigenvalue weighted by molar-refractivity contribution is -0.0491. The molecule has 4 atom stereocenters. The molecule has 0 aliphatic carbocycles. The maximum Gasteiger partial charge on any atom is 0.330 e. The van der Waals surface area contributed by atoms with Crippen LogP contribution < -0.4 is 11.2 Å². The summed E-state index contributed by atoms with van der Waals surface area (Å²) in [5, 5.41) is 18.7. The quantitative estimate of drug-likeness (QED) is 0.668. The molecule has 1 aliphatic heterocycles. The van der Waals surface area contributed by atoms with Gasteiger partial charge < -0.3 is 14.9 Å². The highest BCUT2D eigenvalue weighted by molar-refractivity contribution is 6.81. The number of hydrogen-bond donors (Lipinski definition) is 3. The van der Waals surface area contributed by atoms with Crippen molar-refractivity contribution in [1.82, 2.24) is 9.55 Å². The van der Waals surface area contributed by atoms with E-state index in [0.717, 1.165) is 4.57 Å². The van der Waals surface area contributed by atoms with Crippen molar-refractivity contribution < 1.29 is 19.3 Å². The van der Waals surface area contributed by atoms with Gasteiger partial charge in [-0.2, -0.15) is 0 Å². The second-order valence-electron chi connectivity index (χ2n) is 6.63. The second kappa shape index (κ2) is 6.52. The van der Waals surface area contributed by atoms with Crippen LogP contribution in [-0.2, 0) is 4.74 Å². The standard InChI is InChI=1S/C14H21FN2O5Si/c1-23(2,3)5-4-8-6-17(14(21)16-12(8)20)13-10(15)11(19)9(7-18)22-13/h4-6,9-11,13,18-19H,7H2,1-3H3,(H,16,20,21). The van der Waals surface area contributed by atoms with Gasteiger partial charge >= 0.3 is 5.69 Å². The molecule has 1 saturated heterocycles. The van der Waals surface area contributed by atoms with Crippen LogP contribution in [0.1, 0.15) is 11.8 Å². The molecule has 23 heavy (non-hydrogen) atoms. The number of halogens is 1. The number of aromatic nitrogens is 2. The van der Waals surface area contributed by atoms with Gasteiger partial charge in [0.2, 0.25) is 0 Å².